The molecule has 1 aromatic carbocycles. The molecule has 0 radical (unpaired) electrons. The largest absolute Gasteiger partial charge is 0.362 e. The number of nitrogens with zero attached hydrogens (tertiary/aromatic N) is 2. The van der Waals surface area contributed by atoms with Crippen molar-refractivity contribution in [3.8, 4) is 0 Å². The summed E-state index contributed by atoms with van der Waals surface area (Å²) in [6.07, 6.45) is 2.14. The molecular weight excluding hydrogens is 533 g/mol. The fourth-order valence-corrected chi connectivity index (χ4v) is 5.42. The van der Waals surface area contributed by atoms with E-state index in [2.05, 4.69) is 61.9 Å². The summed E-state index contributed by atoms with van der Waals surface area (Å²) in [5, 5.41) is 7.13. The zero-order chi connectivity index (χ0) is 22.8. The van der Waals surface area contributed by atoms with Crippen LogP contribution in [0.3, 0.4) is 0 Å². The fourth-order valence-electron chi connectivity index (χ4n) is 4.23. The molecule has 6 nitrogen and oxygen atoms in total. The van der Waals surface area contributed by atoms with Crippen LogP contribution in [0.1, 0.15) is 46.7 Å². The Kier molecular flexibility index (Phi) is 6.80. The number of amides is 1. The van der Waals surface area contributed by atoms with Crippen molar-refractivity contribution in [2.45, 2.75) is 39.3 Å². The molecule has 3 heterocycles. The predicted molar refractivity (Wildman–Crippen MR) is 140 cm³/mol. The second-order valence-electron chi connectivity index (χ2n) is 8.04. The van der Waals surface area contributed by atoms with Gasteiger partial charge in [-0.05, 0) is 79.3 Å². The van der Waals surface area contributed by atoms with Crippen molar-refractivity contribution in [1.82, 2.24) is 20.2 Å². The lowest BCUT2D eigenvalue weighted by Gasteiger charge is -2.28. The first-order chi connectivity index (χ1) is 15.4. The number of aryl methyl sites for hydroxylation is 3. The van der Waals surface area contributed by atoms with E-state index in [-0.39, 0.29) is 18.0 Å². The Labute approximate surface area is 207 Å². The number of carbonyl (C=O) groups excluding carboxylic acids is 1. The Bertz CT molecular complexity index is 1150. The van der Waals surface area contributed by atoms with Crippen LogP contribution in [-0.2, 0) is 4.79 Å². The number of anilines is 1. The van der Waals surface area contributed by atoms with Crippen LogP contribution in [-0.4, -0.2) is 32.4 Å². The van der Waals surface area contributed by atoms with E-state index in [1.54, 1.807) is 6.20 Å². The maximum Gasteiger partial charge on any atom is 0.226 e. The standard InChI is InChI=1S/C24H26IN5OS/c1-14-8-4-5-9-17(14)28-19(31)11-13-30-23(20-15(2)27-16(3)21(20)25)22(29-24(30)32)18-10-6-7-12-26-18/h4-10,12,22-23,27H,11,13H2,1-3H3,(H,28,31)(H,29,32)/t22-,23+/m1/s1. The lowest BCUT2D eigenvalue weighted by atomic mass is 9.96. The van der Waals surface area contributed by atoms with Gasteiger partial charge in [0, 0.05) is 45.4 Å². The first-order valence-corrected chi connectivity index (χ1v) is 12.0. The number of hydrogen-bond acceptors (Lipinski definition) is 3. The highest BCUT2D eigenvalue weighted by atomic mass is 127. The van der Waals surface area contributed by atoms with E-state index < -0.39 is 0 Å². The second kappa shape index (κ2) is 9.58. The van der Waals surface area contributed by atoms with Crippen LogP contribution in [0, 0.1) is 24.3 Å². The summed E-state index contributed by atoms with van der Waals surface area (Å²) in [7, 11) is 0. The Hall–Kier alpha value is -2.46. The number of carbonyl (C=O) groups is 1. The molecule has 1 aliphatic heterocycles. The maximum atomic E-state index is 12.7. The Morgan fingerprint density at radius 3 is 2.56 bits per heavy atom. The summed E-state index contributed by atoms with van der Waals surface area (Å²) in [4.78, 5) is 22.9. The molecule has 4 rings (SSSR count). The van der Waals surface area contributed by atoms with E-state index in [0.717, 1.165) is 28.3 Å². The van der Waals surface area contributed by atoms with Crippen molar-refractivity contribution >= 4 is 51.5 Å². The van der Waals surface area contributed by atoms with E-state index in [1.807, 2.05) is 49.4 Å². The van der Waals surface area contributed by atoms with Crippen LogP contribution in [0.4, 0.5) is 5.69 Å². The van der Waals surface area contributed by atoms with Gasteiger partial charge in [0.2, 0.25) is 5.91 Å². The van der Waals surface area contributed by atoms with E-state index in [4.69, 9.17) is 12.2 Å². The van der Waals surface area contributed by atoms with Crippen LogP contribution in [0.5, 0.6) is 0 Å². The summed E-state index contributed by atoms with van der Waals surface area (Å²) in [5.41, 5.74) is 6.26. The number of benzene rings is 1. The van der Waals surface area contributed by atoms with Crippen molar-refractivity contribution in [2.75, 3.05) is 11.9 Å². The Morgan fingerprint density at radius 1 is 1.16 bits per heavy atom. The monoisotopic (exact) mass is 559 g/mol. The van der Waals surface area contributed by atoms with Gasteiger partial charge >= 0.3 is 0 Å². The second-order valence-corrected chi connectivity index (χ2v) is 9.50. The number of H-pyrrole nitrogens is 1. The van der Waals surface area contributed by atoms with E-state index in [0.29, 0.717) is 18.1 Å². The van der Waals surface area contributed by atoms with Gasteiger partial charge in [0.05, 0.1) is 17.8 Å². The Morgan fingerprint density at radius 2 is 1.91 bits per heavy atom. The number of halogens is 1. The molecular formula is C24H26IN5OS. The number of pyridine rings is 1. The summed E-state index contributed by atoms with van der Waals surface area (Å²) in [6, 6.07) is 13.6. The molecule has 2 aromatic heterocycles. The predicted octanol–water partition coefficient (Wildman–Crippen LogP) is 4.94. The average molecular weight is 559 g/mol. The molecule has 1 amide bonds. The normalized spacial score (nSPS) is 18.0. The van der Waals surface area contributed by atoms with Crippen LogP contribution >= 0.6 is 34.8 Å². The van der Waals surface area contributed by atoms with Crippen LogP contribution < -0.4 is 10.6 Å². The lowest BCUT2D eigenvalue weighted by Crippen LogP contribution is -2.33. The summed E-state index contributed by atoms with van der Waals surface area (Å²) >= 11 is 8.13. The van der Waals surface area contributed by atoms with Crippen LogP contribution in [0.15, 0.2) is 48.7 Å². The SMILES string of the molecule is Cc1ccccc1NC(=O)CCN1C(=S)N[C@H](c2ccccn2)[C@@H]1c1c(C)[nH]c(C)c1I. The minimum absolute atomic E-state index is 0.0289. The molecule has 3 aromatic rings. The molecule has 32 heavy (non-hydrogen) atoms. The van der Waals surface area contributed by atoms with Gasteiger partial charge in [-0.3, -0.25) is 9.78 Å². The molecule has 8 heteroatoms. The minimum atomic E-state index is -0.0921. The topological polar surface area (TPSA) is 73.1 Å². The molecule has 166 valence electrons. The molecule has 0 saturated carbocycles. The molecule has 3 N–H and O–H groups in total. The molecule has 1 aliphatic rings. The van der Waals surface area contributed by atoms with Gasteiger partial charge in [0.1, 0.15) is 0 Å². The van der Waals surface area contributed by atoms with Gasteiger partial charge in [-0.1, -0.05) is 24.3 Å². The quantitative estimate of drug-likeness (QED) is 0.295. The number of rotatable bonds is 6. The maximum absolute atomic E-state index is 12.7. The average Bonchev–Trinajstić information content (AvgIpc) is 3.23. The molecule has 2 atom stereocenters. The first-order valence-electron chi connectivity index (χ1n) is 10.5. The van der Waals surface area contributed by atoms with Gasteiger partial charge in [0.15, 0.2) is 5.11 Å². The number of aromatic nitrogens is 2. The number of thiocarbonyl (C=S) groups is 1. The number of aromatic amines is 1. The van der Waals surface area contributed by atoms with Crippen molar-refractivity contribution in [3.05, 3.63) is 80.4 Å². The third-order valence-corrected chi connectivity index (χ3v) is 7.58. The molecule has 0 aliphatic carbocycles. The third-order valence-electron chi connectivity index (χ3n) is 5.84. The highest BCUT2D eigenvalue weighted by Gasteiger charge is 2.42. The van der Waals surface area contributed by atoms with Crippen LogP contribution in [0.2, 0.25) is 0 Å². The highest BCUT2D eigenvalue weighted by molar-refractivity contribution is 14.1. The Balaban J connectivity index is 1.60. The smallest absolute Gasteiger partial charge is 0.226 e. The minimum Gasteiger partial charge on any atom is -0.362 e. The highest BCUT2D eigenvalue weighted by Crippen LogP contribution is 2.42. The van der Waals surface area contributed by atoms with Crippen molar-refractivity contribution < 1.29 is 4.79 Å². The molecule has 1 saturated heterocycles. The van der Waals surface area contributed by atoms with Gasteiger partial charge in [-0.2, -0.15) is 0 Å². The zero-order valence-corrected chi connectivity index (χ0v) is 21.3. The first kappa shape index (κ1) is 22.7. The van der Waals surface area contributed by atoms with Crippen molar-refractivity contribution in [3.63, 3.8) is 0 Å². The van der Waals surface area contributed by atoms with Gasteiger partial charge in [-0.15, -0.1) is 0 Å². The van der Waals surface area contributed by atoms with Crippen molar-refractivity contribution in [1.29, 1.82) is 0 Å². The summed E-state index contributed by atoms with van der Waals surface area (Å²) in [5.74, 6) is -0.0289. The van der Waals surface area contributed by atoms with Gasteiger partial charge < -0.3 is 20.5 Å². The van der Waals surface area contributed by atoms with Gasteiger partial charge in [-0.25, -0.2) is 0 Å². The van der Waals surface area contributed by atoms with E-state index in [9.17, 15) is 4.79 Å². The molecule has 0 unspecified atom stereocenters. The van der Waals surface area contributed by atoms with Gasteiger partial charge in [0.25, 0.3) is 0 Å². The fraction of sp³-hybridized carbons (Fsp3) is 0.292. The van der Waals surface area contributed by atoms with E-state index >= 15 is 0 Å². The third kappa shape index (κ3) is 4.52. The lowest BCUT2D eigenvalue weighted by molar-refractivity contribution is -0.116. The number of para-hydroxylation sites is 1. The molecule has 1 fully saturated rings. The summed E-state index contributed by atoms with van der Waals surface area (Å²) in [6.45, 7) is 6.66. The van der Waals surface area contributed by atoms with Crippen molar-refractivity contribution in [2.24, 2.45) is 0 Å². The molecule has 0 bridgehead atoms. The van der Waals surface area contributed by atoms with Crippen LogP contribution in [0.25, 0.3) is 0 Å². The summed E-state index contributed by atoms with van der Waals surface area (Å²) < 4.78 is 1.19. The zero-order valence-electron chi connectivity index (χ0n) is 18.3. The van der Waals surface area contributed by atoms with E-state index in [1.165, 1.54) is 9.13 Å². The number of nitrogens with one attached hydrogen (secondary N) is 3. The number of hydrogen-bond donors (Lipinski definition) is 3. The molecule has 0 spiro atoms.